The number of aryl methyl sites for hydroxylation is 2. The Bertz CT molecular complexity index is 441. The molecule has 102 valence electrons. The minimum absolute atomic E-state index is 0.726. The van der Waals surface area contributed by atoms with Crippen molar-refractivity contribution in [2.75, 3.05) is 0 Å². The molecule has 1 heteroatoms. The Morgan fingerprint density at radius 1 is 1.05 bits per heavy atom. The smallest absolute Gasteiger partial charge is 0.178 e. The van der Waals surface area contributed by atoms with Crippen molar-refractivity contribution in [3.63, 3.8) is 0 Å². The molecule has 5 rings (SSSR count). The molecule has 0 aliphatic heterocycles. The zero-order chi connectivity index (χ0) is 12.9. The first-order valence-electron chi connectivity index (χ1n) is 8.18. The van der Waals surface area contributed by atoms with Crippen molar-refractivity contribution in [3.05, 3.63) is 30.1 Å². The standard InChI is InChI=1S/C18H26N/c1-14-4-2-3-6-19(14)7-5-18-11-15-8-16(12-18)10-17(9-15)13-18/h2-4,6,15-17H,5,7-13H2,1H3/q+1. The number of rotatable bonds is 3. The van der Waals surface area contributed by atoms with E-state index in [-0.39, 0.29) is 0 Å². The Morgan fingerprint density at radius 2 is 1.68 bits per heavy atom. The lowest BCUT2D eigenvalue weighted by Crippen LogP contribution is -2.48. The van der Waals surface area contributed by atoms with E-state index in [2.05, 4.69) is 35.9 Å². The summed E-state index contributed by atoms with van der Waals surface area (Å²) in [4.78, 5) is 0. The first kappa shape index (κ1) is 11.9. The molecule has 1 nitrogen and oxygen atoms in total. The van der Waals surface area contributed by atoms with Crippen LogP contribution in [-0.2, 0) is 6.54 Å². The fourth-order valence-electron chi connectivity index (χ4n) is 5.77. The molecule has 0 saturated heterocycles. The molecule has 4 fully saturated rings. The molecule has 0 atom stereocenters. The monoisotopic (exact) mass is 256 g/mol. The zero-order valence-electron chi connectivity index (χ0n) is 12.1. The molecule has 1 aromatic rings. The van der Waals surface area contributed by atoms with E-state index in [1.807, 2.05) is 0 Å². The number of hydrogen-bond donors (Lipinski definition) is 0. The third-order valence-corrected chi connectivity index (χ3v) is 6.22. The maximum atomic E-state index is 2.46. The Balaban J connectivity index is 1.49. The summed E-state index contributed by atoms with van der Waals surface area (Å²) in [5.74, 6) is 3.27. The van der Waals surface area contributed by atoms with Crippen LogP contribution < -0.4 is 4.57 Å². The molecule has 0 radical (unpaired) electrons. The summed E-state index contributed by atoms with van der Waals surface area (Å²) < 4.78 is 2.46. The number of pyridine rings is 1. The molecule has 0 aromatic carbocycles. The van der Waals surface area contributed by atoms with Gasteiger partial charge in [0.2, 0.25) is 0 Å². The average Bonchev–Trinajstić information content (AvgIpc) is 2.36. The first-order valence-corrected chi connectivity index (χ1v) is 8.18. The van der Waals surface area contributed by atoms with E-state index in [1.54, 1.807) is 38.5 Å². The van der Waals surface area contributed by atoms with Gasteiger partial charge in [0.15, 0.2) is 11.9 Å². The van der Waals surface area contributed by atoms with Gasteiger partial charge >= 0.3 is 0 Å². The van der Waals surface area contributed by atoms with Crippen LogP contribution in [0.15, 0.2) is 24.4 Å². The highest BCUT2D eigenvalue weighted by molar-refractivity contribution is 5.01. The van der Waals surface area contributed by atoms with Crippen LogP contribution >= 0.6 is 0 Å². The van der Waals surface area contributed by atoms with Gasteiger partial charge in [-0.25, -0.2) is 4.57 Å². The third kappa shape index (κ3) is 2.11. The summed E-state index contributed by atoms with van der Waals surface area (Å²) in [6.45, 7) is 3.47. The highest BCUT2D eigenvalue weighted by atomic mass is 14.9. The third-order valence-electron chi connectivity index (χ3n) is 6.22. The van der Waals surface area contributed by atoms with E-state index < -0.39 is 0 Å². The fraction of sp³-hybridized carbons (Fsp3) is 0.722. The molecule has 4 aliphatic carbocycles. The zero-order valence-corrected chi connectivity index (χ0v) is 12.1. The Kier molecular flexibility index (Phi) is 2.72. The van der Waals surface area contributed by atoms with Crippen LogP contribution in [0, 0.1) is 30.1 Å². The molecule has 4 aliphatic rings. The van der Waals surface area contributed by atoms with Gasteiger partial charge in [-0.1, -0.05) is 6.07 Å². The first-order chi connectivity index (χ1) is 9.22. The van der Waals surface area contributed by atoms with Gasteiger partial charge in [0.25, 0.3) is 0 Å². The molecular weight excluding hydrogens is 230 g/mol. The number of hydrogen-bond acceptors (Lipinski definition) is 0. The van der Waals surface area contributed by atoms with Crippen molar-refractivity contribution >= 4 is 0 Å². The SMILES string of the molecule is Cc1cccc[n+]1CCC12CC3CC(CC(C3)C1)C2. The van der Waals surface area contributed by atoms with Crippen LogP contribution in [0.25, 0.3) is 0 Å². The molecule has 0 unspecified atom stereocenters. The van der Waals surface area contributed by atoms with Gasteiger partial charge in [0, 0.05) is 25.5 Å². The van der Waals surface area contributed by atoms with E-state index in [1.165, 1.54) is 18.7 Å². The van der Waals surface area contributed by atoms with Crippen molar-refractivity contribution in [1.29, 1.82) is 0 Å². The largest absolute Gasteiger partial charge is 0.203 e. The topological polar surface area (TPSA) is 3.88 Å². The molecule has 4 bridgehead atoms. The van der Waals surface area contributed by atoms with Crippen molar-refractivity contribution < 1.29 is 4.57 Å². The summed E-state index contributed by atoms with van der Waals surface area (Å²) in [7, 11) is 0. The second kappa shape index (κ2) is 4.33. The number of aromatic nitrogens is 1. The summed E-state index contributed by atoms with van der Waals surface area (Å²) in [5.41, 5.74) is 2.14. The van der Waals surface area contributed by atoms with Gasteiger partial charge in [-0.3, -0.25) is 0 Å². The maximum Gasteiger partial charge on any atom is 0.178 e. The van der Waals surface area contributed by atoms with Crippen LogP contribution in [0.3, 0.4) is 0 Å². The van der Waals surface area contributed by atoms with Crippen molar-refractivity contribution in [3.8, 4) is 0 Å². The Morgan fingerprint density at radius 3 is 2.26 bits per heavy atom. The highest BCUT2D eigenvalue weighted by Gasteiger charge is 2.50. The minimum atomic E-state index is 0.726. The van der Waals surface area contributed by atoms with Gasteiger partial charge in [-0.15, -0.1) is 0 Å². The van der Waals surface area contributed by atoms with Gasteiger partial charge in [-0.2, -0.15) is 0 Å². The lowest BCUT2D eigenvalue weighted by Gasteiger charge is -2.56. The second-order valence-corrected chi connectivity index (χ2v) is 7.70. The summed E-state index contributed by atoms with van der Waals surface area (Å²) in [6.07, 6.45) is 13.0. The Labute approximate surface area is 117 Å². The molecule has 19 heavy (non-hydrogen) atoms. The predicted molar refractivity (Wildman–Crippen MR) is 76.6 cm³/mol. The van der Waals surface area contributed by atoms with Crippen molar-refractivity contribution in [2.24, 2.45) is 23.2 Å². The van der Waals surface area contributed by atoms with Gasteiger partial charge in [0.05, 0.1) is 0 Å². The summed E-state index contributed by atoms with van der Waals surface area (Å²) >= 11 is 0. The molecule has 0 N–H and O–H groups in total. The average molecular weight is 256 g/mol. The highest BCUT2D eigenvalue weighted by Crippen LogP contribution is 2.61. The molecule has 1 heterocycles. The van der Waals surface area contributed by atoms with Crippen LogP contribution in [0.2, 0.25) is 0 Å². The van der Waals surface area contributed by atoms with Crippen molar-refractivity contribution in [2.45, 2.75) is 58.4 Å². The minimum Gasteiger partial charge on any atom is -0.203 e. The van der Waals surface area contributed by atoms with Crippen LogP contribution in [0.1, 0.15) is 50.6 Å². The lowest BCUT2D eigenvalue weighted by molar-refractivity contribution is -0.705. The normalized spacial score (nSPS) is 39.7. The van der Waals surface area contributed by atoms with Crippen molar-refractivity contribution in [1.82, 2.24) is 0 Å². The van der Waals surface area contributed by atoms with E-state index in [9.17, 15) is 0 Å². The van der Waals surface area contributed by atoms with Gasteiger partial charge < -0.3 is 0 Å². The van der Waals surface area contributed by atoms with Crippen LogP contribution in [0.4, 0.5) is 0 Å². The molecule has 0 spiro atoms. The van der Waals surface area contributed by atoms with Crippen LogP contribution in [-0.4, -0.2) is 0 Å². The molecule has 0 amide bonds. The summed E-state index contributed by atoms with van der Waals surface area (Å²) in [6, 6.07) is 6.56. The molecule has 4 saturated carbocycles. The van der Waals surface area contributed by atoms with E-state index in [4.69, 9.17) is 0 Å². The fourth-order valence-corrected chi connectivity index (χ4v) is 5.77. The maximum absolute atomic E-state index is 2.46. The van der Waals surface area contributed by atoms with E-state index in [0.29, 0.717) is 0 Å². The lowest BCUT2D eigenvalue weighted by atomic mass is 9.49. The second-order valence-electron chi connectivity index (χ2n) is 7.70. The summed E-state index contributed by atoms with van der Waals surface area (Å²) in [5, 5.41) is 0. The molecular formula is C18H26N+. The molecule has 1 aromatic heterocycles. The van der Waals surface area contributed by atoms with Gasteiger partial charge in [0.1, 0.15) is 6.54 Å². The quantitative estimate of drug-likeness (QED) is 0.722. The number of nitrogens with zero attached hydrogens (tertiary/aromatic N) is 1. The predicted octanol–water partition coefficient (Wildman–Crippen LogP) is 3.89. The van der Waals surface area contributed by atoms with E-state index in [0.717, 1.165) is 23.2 Å². The van der Waals surface area contributed by atoms with Crippen LogP contribution in [0.5, 0.6) is 0 Å². The van der Waals surface area contributed by atoms with Gasteiger partial charge in [-0.05, 0) is 61.7 Å². The van der Waals surface area contributed by atoms with E-state index >= 15 is 0 Å². The Hall–Kier alpha value is -0.850.